The Kier molecular flexibility index (Phi) is 24.2. The van der Waals surface area contributed by atoms with Gasteiger partial charge in [0.15, 0.2) is 0 Å². The highest BCUT2D eigenvalue weighted by Gasteiger charge is 2.14. The van der Waals surface area contributed by atoms with Gasteiger partial charge in [-0.3, -0.25) is 8.74 Å². The monoisotopic (exact) mass is 517 g/mol. The van der Waals surface area contributed by atoms with Crippen LogP contribution in [0.3, 0.4) is 0 Å². The van der Waals surface area contributed by atoms with Crippen LogP contribution < -0.4 is 6.15 Å². The van der Waals surface area contributed by atoms with Crippen molar-refractivity contribution in [3.05, 3.63) is 35.9 Å². The van der Waals surface area contributed by atoms with Crippen molar-refractivity contribution >= 4 is 10.4 Å². The minimum atomic E-state index is -4.16. The van der Waals surface area contributed by atoms with E-state index in [1.807, 2.05) is 0 Å². The van der Waals surface area contributed by atoms with Crippen LogP contribution >= 0.6 is 0 Å². The first kappa shape index (κ1) is 36.2. The quantitative estimate of drug-likeness (QED) is 0.103. The number of nitrogens with zero attached hydrogens (tertiary/aromatic N) is 1. The van der Waals surface area contributed by atoms with Crippen molar-refractivity contribution in [3.8, 4) is 0 Å². The summed E-state index contributed by atoms with van der Waals surface area (Å²) in [5.74, 6) is 0. The second-order valence-electron chi connectivity index (χ2n) is 10.2. The standard InChI is InChI=1S/C27H50N.CH4O4S.H3N/c1-4-5-6-7-8-9-10-11-12-13-14-15-16-17-18-22-25-28(2,3)26-27-23-20-19-21-24-27;1-5-6(2,3)4;/h19-21,23-24H,4-18,22,25-26H2,1-3H3;1H3,(H,2,3,4);1H3/q+1;;. The van der Waals surface area contributed by atoms with Gasteiger partial charge in [-0.15, -0.1) is 0 Å². The summed E-state index contributed by atoms with van der Waals surface area (Å²) in [7, 11) is 1.45. The smallest absolute Gasteiger partial charge is 0.344 e. The largest absolute Gasteiger partial charge is 0.397 e. The zero-order chi connectivity index (χ0) is 25.5. The molecule has 0 saturated heterocycles. The molecule has 0 bridgehead atoms. The summed E-state index contributed by atoms with van der Waals surface area (Å²) in [4.78, 5) is 0. The molecular formula is C28H57N2O4S+. The molecule has 0 aliphatic carbocycles. The van der Waals surface area contributed by atoms with E-state index in [0.29, 0.717) is 0 Å². The fourth-order valence-electron chi connectivity index (χ4n) is 4.24. The molecule has 1 aromatic rings. The van der Waals surface area contributed by atoms with Crippen LogP contribution in [-0.4, -0.2) is 45.2 Å². The molecule has 0 atom stereocenters. The lowest BCUT2D eigenvalue weighted by Gasteiger charge is -2.30. The van der Waals surface area contributed by atoms with Gasteiger partial charge in [0.25, 0.3) is 0 Å². The molecule has 1 aromatic carbocycles. The molecule has 0 saturated carbocycles. The average Bonchev–Trinajstić information content (AvgIpc) is 2.79. The molecule has 208 valence electrons. The van der Waals surface area contributed by atoms with E-state index in [1.165, 1.54) is 115 Å². The van der Waals surface area contributed by atoms with E-state index in [-0.39, 0.29) is 6.15 Å². The molecule has 0 spiro atoms. The van der Waals surface area contributed by atoms with Crippen LogP contribution in [0.15, 0.2) is 30.3 Å². The van der Waals surface area contributed by atoms with Crippen LogP contribution in [0.25, 0.3) is 0 Å². The van der Waals surface area contributed by atoms with Gasteiger partial charge in [0, 0.05) is 5.56 Å². The Morgan fingerprint density at radius 2 is 1.06 bits per heavy atom. The molecule has 0 fully saturated rings. The maximum Gasteiger partial charge on any atom is 0.397 e. The van der Waals surface area contributed by atoms with Gasteiger partial charge < -0.3 is 10.6 Å². The van der Waals surface area contributed by atoms with E-state index in [4.69, 9.17) is 4.55 Å². The van der Waals surface area contributed by atoms with Crippen LogP contribution in [-0.2, 0) is 21.1 Å². The average molecular weight is 518 g/mol. The number of rotatable bonds is 20. The van der Waals surface area contributed by atoms with Gasteiger partial charge >= 0.3 is 10.4 Å². The third-order valence-corrected chi connectivity index (χ3v) is 6.70. The van der Waals surface area contributed by atoms with Crippen molar-refractivity contribution in [2.75, 3.05) is 27.7 Å². The molecule has 0 aromatic heterocycles. The van der Waals surface area contributed by atoms with Gasteiger partial charge in [-0.25, -0.2) is 0 Å². The van der Waals surface area contributed by atoms with E-state index in [9.17, 15) is 8.42 Å². The zero-order valence-electron chi connectivity index (χ0n) is 23.3. The van der Waals surface area contributed by atoms with Gasteiger partial charge in [0.2, 0.25) is 0 Å². The van der Waals surface area contributed by atoms with Crippen molar-refractivity contribution < 1.29 is 21.6 Å². The van der Waals surface area contributed by atoms with E-state index >= 15 is 0 Å². The third-order valence-electron chi connectivity index (χ3n) is 6.28. The maximum absolute atomic E-state index is 9.33. The third kappa shape index (κ3) is 27.4. The van der Waals surface area contributed by atoms with E-state index < -0.39 is 10.4 Å². The van der Waals surface area contributed by atoms with Crippen LogP contribution in [0.5, 0.6) is 0 Å². The molecule has 1 rings (SSSR count). The molecule has 0 radical (unpaired) electrons. The summed E-state index contributed by atoms with van der Waals surface area (Å²) in [5, 5.41) is 0. The van der Waals surface area contributed by atoms with Gasteiger partial charge in [-0.2, -0.15) is 8.42 Å². The Morgan fingerprint density at radius 3 is 1.40 bits per heavy atom. The Morgan fingerprint density at radius 1 is 0.714 bits per heavy atom. The number of benzene rings is 1. The first-order valence-electron chi connectivity index (χ1n) is 13.6. The van der Waals surface area contributed by atoms with E-state index in [2.05, 4.69) is 55.5 Å². The lowest BCUT2D eigenvalue weighted by Crippen LogP contribution is -2.39. The highest BCUT2D eigenvalue weighted by atomic mass is 32.3. The Balaban J connectivity index is 0. The highest BCUT2D eigenvalue weighted by molar-refractivity contribution is 7.80. The normalized spacial score (nSPS) is 11.5. The molecular weight excluding hydrogens is 460 g/mol. The number of unbranched alkanes of at least 4 members (excludes halogenated alkanes) is 15. The Hall–Kier alpha value is -0.990. The maximum atomic E-state index is 9.33. The summed E-state index contributed by atoms with van der Waals surface area (Å²) in [6.45, 7) is 4.75. The van der Waals surface area contributed by atoms with Crippen LogP contribution in [0, 0.1) is 0 Å². The summed E-state index contributed by atoms with van der Waals surface area (Å²) >= 11 is 0. The van der Waals surface area contributed by atoms with Gasteiger partial charge in [0.1, 0.15) is 6.54 Å². The second-order valence-corrected chi connectivity index (χ2v) is 11.4. The van der Waals surface area contributed by atoms with Crippen molar-refractivity contribution in [3.63, 3.8) is 0 Å². The molecule has 35 heavy (non-hydrogen) atoms. The van der Waals surface area contributed by atoms with Gasteiger partial charge in [-0.05, 0) is 12.8 Å². The van der Waals surface area contributed by atoms with Crippen molar-refractivity contribution in [2.24, 2.45) is 0 Å². The first-order valence-corrected chi connectivity index (χ1v) is 15.0. The summed E-state index contributed by atoms with van der Waals surface area (Å²) in [6, 6.07) is 10.9. The lowest BCUT2D eigenvalue weighted by molar-refractivity contribution is -0.903. The fraction of sp³-hybridized carbons (Fsp3) is 0.786. The summed E-state index contributed by atoms with van der Waals surface area (Å²) < 4.78 is 30.8. The second kappa shape index (κ2) is 23.4. The van der Waals surface area contributed by atoms with Crippen LogP contribution in [0.1, 0.15) is 115 Å². The minimum absolute atomic E-state index is 0. The number of quaternary nitrogens is 1. The van der Waals surface area contributed by atoms with Gasteiger partial charge in [-0.1, -0.05) is 127 Å². The van der Waals surface area contributed by atoms with Crippen molar-refractivity contribution in [1.29, 1.82) is 0 Å². The fourth-order valence-corrected chi connectivity index (χ4v) is 4.24. The van der Waals surface area contributed by atoms with E-state index in [0.717, 1.165) is 18.1 Å². The zero-order valence-corrected chi connectivity index (χ0v) is 24.2. The molecule has 4 N–H and O–H groups in total. The Bertz CT molecular complexity index is 667. The predicted molar refractivity (Wildman–Crippen MR) is 150 cm³/mol. The predicted octanol–water partition coefficient (Wildman–Crippen LogP) is 8.12. The SMILES string of the molecule is CCCCCCCCCCCCCCCCCC[N+](C)(C)Cc1ccccc1.COS(=O)(=O)O.N. The molecule has 0 amide bonds. The number of hydrogen-bond acceptors (Lipinski definition) is 4. The molecule has 0 aliphatic heterocycles. The van der Waals surface area contributed by atoms with Crippen LogP contribution in [0.4, 0.5) is 0 Å². The van der Waals surface area contributed by atoms with E-state index in [1.54, 1.807) is 0 Å². The first-order chi connectivity index (χ1) is 16.2. The van der Waals surface area contributed by atoms with Crippen molar-refractivity contribution in [2.45, 2.75) is 116 Å². The molecule has 7 heteroatoms. The summed E-state index contributed by atoms with van der Waals surface area (Å²) in [5.41, 5.74) is 1.46. The molecule has 6 nitrogen and oxygen atoms in total. The molecule has 0 heterocycles. The van der Waals surface area contributed by atoms with Gasteiger partial charge in [0.05, 0.1) is 27.7 Å². The Labute approximate surface area is 218 Å². The minimum Gasteiger partial charge on any atom is -0.344 e. The lowest BCUT2D eigenvalue weighted by atomic mass is 10.0. The van der Waals surface area contributed by atoms with Crippen molar-refractivity contribution in [1.82, 2.24) is 6.15 Å². The molecule has 0 unspecified atom stereocenters. The molecule has 0 aliphatic rings. The highest BCUT2D eigenvalue weighted by Crippen LogP contribution is 2.15. The summed E-state index contributed by atoms with van der Waals surface area (Å²) in [6.07, 6.45) is 23.2. The number of hydrogen-bond donors (Lipinski definition) is 2. The topological polar surface area (TPSA) is 98.6 Å². The van der Waals surface area contributed by atoms with Crippen LogP contribution in [0.2, 0.25) is 0 Å².